The number of nitrogens with two attached hydrogens (primary N) is 1. The average molecular weight is 217 g/mol. The van der Waals surface area contributed by atoms with Gasteiger partial charge in [-0.25, -0.2) is 13.6 Å². The maximum absolute atomic E-state index is 10.7. The summed E-state index contributed by atoms with van der Waals surface area (Å²) in [4.78, 5) is 8.52. The quantitative estimate of drug-likeness (QED) is 0.663. The van der Waals surface area contributed by atoms with Crippen molar-refractivity contribution < 1.29 is 18.3 Å². The largest absolute Gasteiger partial charge is 0.483 e. The topological polar surface area (TPSA) is 97.5 Å². The van der Waals surface area contributed by atoms with E-state index >= 15 is 0 Å². The molecule has 0 aliphatic carbocycles. The van der Waals surface area contributed by atoms with Gasteiger partial charge in [0.2, 0.25) is 10.0 Å². The van der Waals surface area contributed by atoms with Gasteiger partial charge >= 0.3 is 0 Å². The van der Waals surface area contributed by atoms with Crippen LogP contribution in [0.3, 0.4) is 0 Å². The molecule has 1 aromatic rings. The van der Waals surface area contributed by atoms with E-state index in [1.807, 2.05) is 6.92 Å². The van der Waals surface area contributed by atoms with Crippen LogP contribution in [0.1, 0.15) is 5.56 Å². The highest BCUT2D eigenvalue weighted by Gasteiger charge is 2.04. The van der Waals surface area contributed by atoms with Gasteiger partial charge in [0.15, 0.2) is 0 Å². The van der Waals surface area contributed by atoms with Gasteiger partial charge in [-0.2, -0.15) is 0 Å². The highest BCUT2D eigenvalue weighted by atomic mass is 32.2. The van der Waals surface area contributed by atoms with Crippen LogP contribution >= 0.6 is 0 Å². The van der Waals surface area contributed by atoms with Crippen molar-refractivity contribution in [2.45, 2.75) is 11.8 Å². The summed E-state index contributed by atoms with van der Waals surface area (Å²) in [6.07, 6.45) is 0. The van der Waals surface area contributed by atoms with Crippen molar-refractivity contribution >= 4 is 16.5 Å². The van der Waals surface area contributed by atoms with Crippen LogP contribution < -0.4 is 5.14 Å². The Morgan fingerprint density at radius 2 is 1.64 bits per heavy atom. The molecule has 78 valence electrons. The van der Waals surface area contributed by atoms with Gasteiger partial charge in [-0.05, 0) is 19.1 Å². The minimum absolute atomic E-state index is 0.156. The predicted octanol–water partition coefficient (Wildman–Crippen LogP) is 0.343. The van der Waals surface area contributed by atoms with Crippen LogP contribution in [-0.2, 0) is 14.8 Å². The molecule has 0 saturated heterocycles. The summed E-state index contributed by atoms with van der Waals surface area (Å²) in [5, 5.41) is 11.8. The molecule has 3 N–H and O–H groups in total. The van der Waals surface area contributed by atoms with Crippen LogP contribution in [0.25, 0.3) is 0 Å². The first-order valence-corrected chi connectivity index (χ1v) is 5.13. The molecule has 0 aliphatic rings. The monoisotopic (exact) mass is 217 g/mol. The van der Waals surface area contributed by atoms with E-state index in [1.165, 1.54) is 12.1 Å². The van der Waals surface area contributed by atoms with Gasteiger partial charge < -0.3 is 5.11 Å². The second-order valence-corrected chi connectivity index (χ2v) is 4.02. The summed E-state index contributed by atoms with van der Waals surface area (Å²) in [6.45, 7) is 1.63. The maximum atomic E-state index is 10.7. The van der Waals surface area contributed by atoms with Crippen LogP contribution in [0.5, 0.6) is 0 Å². The smallest absolute Gasteiger partial charge is 0.290 e. The van der Waals surface area contributed by atoms with Crippen LogP contribution in [0.15, 0.2) is 29.2 Å². The SMILES string of the molecule is Cc1ccc(S(N)(=O)=O)cc1.O=CO. The van der Waals surface area contributed by atoms with Crippen molar-refractivity contribution in [2.24, 2.45) is 5.14 Å². The molecule has 0 aliphatic heterocycles. The second-order valence-electron chi connectivity index (χ2n) is 2.46. The van der Waals surface area contributed by atoms with Crippen molar-refractivity contribution in [2.75, 3.05) is 0 Å². The Balaban J connectivity index is 0.000000500. The lowest BCUT2D eigenvalue weighted by molar-refractivity contribution is -0.122. The van der Waals surface area contributed by atoms with E-state index < -0.39 is 10.0 Å². The number of sulfonamides is 1. The molecule has 0 fully saturated rings. The Morgan fingerprint density at radius 3 is 1.93 bits per heavy atom. The van der Waals surface area contributed by atoms with E-state index in [0.717, 1.165) is 5.56 Å². The molecule has 6 heteroatoms. The zero-order valence-electron chi connectivity index (χ0n) is 7.54. The fourth-order valence-corrected chi connectivity index (χ4v) is 1.24. The molecule has 0 unspecified atom stereocenters. The summed E-state index contributed by atoms with van der Waals surface area (Å²) in [6, 6.07) is 6.40. The lowest BCUT2D eigenvalue weighted by Crippen LogP contribution is -2.11. The van der Waals surface area contributed by atoms with E-state index in [-0.39, 0.29) is 11.4 Å². The molecule has 0 heterocycles. The lowest BCUT2D eigenvalue weighted by Gasteiger charge is -1.96. The van der Waals surface area contributed by atoms with Crippen LogP contribution in [0, 0.1) is 6.92 Å². The number of carbonyl (C=O) groups is 1. The molecule has 5 nitrogen and oxygen atoms in total. The first kappa shape index (κ1) is 12.6. The molecule has 0 radical (unpaired) electrons. The van der Waals surface area contributed by atoms with Gasteiger partial charge in [-0.1, -0.05) is 17.7 Å². The summed E-state index contributed by atoms with van der Waals surface area (Å²) < 4.78 is 21.4. The van der Waals surface area contributed by atoms with Gasteiger partial charge in [0, 0.05) is 0 Å². The van der Waals surface area contributed by atoms with Crippen molar-refractivity contribution in [3.63, 3.8) is 0 Å². The molecule has 1 rings (SSSR count). The molecule has 0 aromatic heterocycles. The Kier molecular flexibility index (Phi) is 4.82. The molecule has 0 amide bonds. The van der Waals surface area contributed by atoms with Gasteiger partial charge in [-0.3, -0.25) is 4.79 Å². The number of rotatable bonds is 1. The molecule has 14 heavy (non-hydrogen) atoms. The van der Waals surface area contributed by atoms with Crippen molar-refractivity contribution in [3.05, 3.63) is 29.8 Å². The first-order valence-electron chi connectivity index (χ1n) is 3.59. The second kappa shape index (κ2) is 5.36. The molecule has 0 atom stereocenters. The van der Waals surface area contributed by atoms with Gasteiger partial charge in [-0.15, -0.1) is 0 Å². The molecule has 0 spiro atoms. The Bertz CT molecular complexity index is 382. The lowest BCUT2D eigenvalue weighted by atomic mass is 10.2. The number of hydrogen-bond donors (Lipinski definition) is 2. The van der Waals surface area contributed by atoms with Gasteiger partial charge in [0.1, 0.15) is 0 Å². The summed E-state index contributed by atoms with van der Waals surface area (Å²) in [5.74, 6) is 0. The van der Waals surface area contributed by atoms with Gasteiger partial charge in [0.05, 0.1) is 4.90 Å². The van der Waals surface area contributed by atoms with E-state index in [9.17, 15) is 8.42 Å². The van der Waals surface area contributed by atoms with E-state index in [1.54, 1.807) is 12.1 Å². The third kappa shape index (κ3) is 4.58. The third-order valence-corrected chi connectivity index (χ3v) is 2.28. The summed E-state index contributed by atoms with van der Waals surface area (Å²) in [7, 11) is -3.52. The number of benzene rings is 1. The Labute approximate surface area is 82.2 Å². The fraction of sp³-hybridized carbons (Fsp3) is 0.125. The van der Waals surface area contributed by atoms with Crippen molar-refractivity contribution in [1.29, 1.82) is 0 Å². The zero-order chi connectivity index (χ0) is 11.2. The number of primary sulfonamides is 1. The molecular weight excluding hydrogens is 206 g/mol. The Morgan fingerprint density at radius 1 is 1.29 bits per heavy atom. The summed E-state index contributed by atoms with van der Waals surface area (Å²) >= 11 is 0. The molecule has 0 saturated carbocycles. The highest BCUT2D eigenvalue weighted by Crippen LogP contribution is 2.06. The van der Waals surface area contributed by atoms with E-state index in [4.69, 9.17) is 15.0 Å². The molecular formula is C8H11NO4S. The zero-order valence-corrected chi connectivity index (χ0v) is 8.36. The fourth-order valence-electron chi connectivity index (χ4n) is 0.728. The molecule has 1 aromatic carbocycles. The van der Waals surface area contributed by atoms with Crippen molar-refractivity contribution in [1.82, 2.24) is 0 Å². The minimum Gasteiger partial charge on any atom is -0.483 e. The molecule has 0 bridgehead atoms. The van der Waals surface area contributed by atoms with E-state index in [2.05, 4.69) is 0 Å². The minimum atomic E-state index is -3.52. The standard InChI is InChI=1S/C7H9NO2S.CH2O2/c1-6-2-4-7(5-3-6)11(8,9)10;2-1-3/h2-5H,1H3,(H2,8,9,10);1H,(H,2,3). The maximum Gasteiger partial charge on any atom is 0.290 e. The number of carboxylic acid groups (broad SMARTS) is 1. The predicted molar refractivity (Wildman–Crippen MR) is 51.2 cm³/mol. The average Bonchev–Trinajstić information content (AvgIpc) is 2.04. The van der Waals surface area contributed by atoms with Crippen molar-refractivity contribution in [3.8, 4) is 0 Å². The number of hydrogen-bond acceptors (Lipinski definition) is 3. The van der Waals surface area contributed by atoms with Crippen LogP contribution in [-0.4, -0.2) is 20.0 Å². The normalized spacial score (nSPS) is 9.86. The number of aryl methyl sites for hydroxylation is 1. The highest BCUT2D eigenvalue weighted by molar-refractivity contribution is 7.89. The Hall–Kier alpha value is -1.40. The van der Waals surface area contributed by atoms with Crippen LogP contribution in [0.4, 0.5) is 0 Å². The summed E-state index contributed by atoms with van der Waals surface area (Å²) in [5.41, 5.74) is 1.01. The first-order chi connectivity index (χ1) is 6.41. The third-order valence-electron chi connectivity index (χ3n) is 1.35. The van der Waals surface area contributed by atoms with Crippen LogP contribution in [0.2, 0.25) is 0 Å². The van der Waals surface area contributed by atoms with Gasteiger partial charge in [0.25, 0.3) is 6.47 Å². The van der Waals surface area contributed by atoms with E-state index in [0.29, 0.717) is 0 Å².